The van der Waals surface area contributed by atoms with E-state index in [0.717, 1.165) is 0 Å². The van der Waals surface area contributed by atoms with E-state index in [-0.39, 0.29) is 17.9 Å². The van der Waals surface area contributed by atoms with Crippen LogP contribution in [0.2, 0.25) is 0 Å². The first-order valence-electron chi connectivity index (χ1n) is 7.44. The fourth-order valence-electron chi connectivity index (χ4n) is 2.28. The Morgan fingerprint density at radius 2 is 1.88 bits per heavy atom. The van der Waals surface area contributed by atoms with Crippen molar-refractivity contribution in [3.63, 3.8) is 0 Å². The predicted molar refractivity (Wildman–Crippen MR) is 83.2 cm³/mol. The van der Waals surface area contributed by atoms with Gasteiger partial charge in [0.2, 0.25) is 11.5 Å². The second-order valence-corrected chi connectivity index (χ2v) is 5.04. The average Bonchev–Trinajstić information content (AvgIpc) is 3.13. The Morgan fingerprint density at radius 1 is 1.08 bits per heavy atom. The lowest BCUT2D eigenvalue weighted by molar-refractivity contribution is 0.0437. The molecule has 0 aliphatic carbocycles. The van der Waals surface area contributed by atoms with E-state index >= 15 is 0 Å². The number of hydrogen-bond donors (Lipinski definition) is 0. The van der Waals surface area contributed by atoms with Gasteiger partial charge in [0.25, 0.3) is 0 Å². The molecular formula is C17H16O8. The molecule has 8 heteroatoms. The van der Waals surface area contributed by atoms with Crippen LogP contribution in [0.4, 0.5) is 0 Å². The summed E-state index contributed by atoms with van der Waals surface area (Å²) in [5.41, 5.74) is 0.251. The van der Waals surface area contributed by atoms with Crippen LogP contribution in [0.3, 0.4) is 0 Å². The number of furan rings is 1. The van der Waals surface area contributed by atoms with Crippen LogP contribution in [-0.4, -0.2) is 39.4 Å². The Balaban J connectivity index is 1.71. The third-order valence-electron chi connectivity index (χ3n) is 3.46. The lowest BCUT2D eigenvalue weighted by Crippen LogP contribution is -2.17. The first-order chi connectivity index (χ1) is 12.1. The molecule has 25 heavy (non-hydrogen) atoms. The van der Waals surface area contributed by atoms with Crippen molar-refractivity contribution in [3.8, 4) is 17.2 Å². The van der Waals surface area contributed by atoms with Gasteiger partial charge in [-0.2, -0.15) is 0 Å². The van der Waals surface area contributed by atoms with E-state index in [1.54, 1.807) is 0 Å². The maximum atomic E-state index is 12.3. The Morgan fingerprint density at radius 3 is 2.64 bits per heavy atom. The standard InChI is InChI=1S/C17H16O8/c1-20-13-7-10(8-14-15(13)23-6-5-22-14)16(18)24-9-11-3-4-12(25-11)17(19)21-2/h3-4,7-8H,5-6,9H2,1-2H3. The number of rotatable bonds is 5. The molecule has 0 saturated heterocycles. The first kappa shape index (κ1) is 16.7. The third kappa shape index (κ3) is 3.52. The molecule has 2 aromatic rings. The van der Waals surface area contributed by atoms with Crippen molar-refractivity contribution in [1.82, 2.24) is 0 Å². The van der Waals surface area contributed by atoms with Crippen LogP contribution in [0, 0.1) is 0 Å². The molecule has 0 saturated carbocycles. The Bertz CT molecular complexity index is 775. The summed E-state index contributed by atoms with van der Waals surface area (Å²) in [7, 11) is 2.72. The molecule has 1 aliphatic rings. The molecule has 3 rings (SSSR count). The molecule has 8 nitrogen and oxygen atoms in total. The lowest BCUT2D eigenvalue weighted by atomic mass is 10.1. The van der Waals surface area contributed by atoms with Crippen LogP contribution in [0.1, 0.15) is 26.7 Å². The van der Waals surface area contributed by atoms with Gasteiger partial charge in [0.1, 0.15) is 25.6 Å². The van der Waals surface area contributed by atoms with Crippen LogP contribution in [0.25, 0.3) is 0 Å². The fraction of sp³-hybridized carbons (Fsp3) is 0.294. The second-order valence-electron chi connectivity index (χ2n) is 5.04. The van der Waals surface area contributed by atoms with Crippen LogP contribution < -0.4 is 14.2 Å². The van der Waals surface area contributed by atoms with Gasteiger partial charge < -0.3 is 28.1 Å². The Hall–Kier alpha value is -3.16. The van der Waals surface area contributed by atoms with Crippen LogP contribution >= 0.6 is 0 Å². The number of esters is 2. The summed E-state index contributed by atoms with van der Waals surface area (Å²) in [5, 5.41) is 0. The molecule has 0 unspecified atom stereocenters. The minimum atomic E-state index is -0.603. The molecular weight excluding hydrogens is 332 g/mol. The Kier molecular flexibility index (Phi) is 4.78. The Labute approximate surface area is 143 Å². The minimum Gasteiger partial charge on any atom is -0.493 e. The number of carbonyl (C=O) groups excluding carboxylic acids is 2. The van der Waals surface area contributed by atoms with Gasteiger partial charge >= 0.3 is 11.9 Å². The van der Waals surface area contributed by atoms with Crippen molar-refractivity contribution in [2.24, 2.45) is 0 Å². The number of benzene rings is 1. The van der Waals surface area contributed by atoms with Gasteiger partial charge in [-0.25, -0.2) is 9.59 Å². The highest BCUT2D eigenvalue weighted by Gasteiger charge is 2.22. The molecule has 1 aromatic heterocycles. The molecule has 0 atom stereocenters. The van der Waals surface area contributed by atoms with Gasteiger partial charge in [0.15, 0.2) is 11.5 Å². The van der Waals surface area contributed by atoms with Crippen LogP contribution in [-0.2, 0) is 16.1 Å². The molecule has 0 bridgehead atoms. The third-order valence-corrected chi connectivity index (χ3v) is 3.46. The number of fused-ring (bicyclic) bond motifs is 1. The predicted octanol–water partition coefficient (Wildman–Crippen LogP) is 2.20. The highest BCUT2D eigenvalue weighted by molar-refractivity contribution is 5.91. The zero-order chi connectivity index (χ0) is 17.8. The zero-order valence-electron chi connectivity index (χ0n) is 13.7. The summed E-state index contributed by atoms with van der Waals surface area (Å²) in [6.45, 7) is 0.665. The maximum Gasteiger partial charge on any atom is 0.373 e. The molecule has 0 amide bonds. The fourth-order valence-corrected chi connectivity index (χ4v) is 2.28. The first-order valence-corrected chi connectivity index (χ1v) is 7.44. The van der Waals surface area contributed by atoms with E-state index in [9.17, 15) is 9.59 Å². The molecule has 0 N–H and O–H groups in total. The van der Waals surface area contributed by atoms with Crippen molar-refractivity contribution < 1.29 is 37.7 Å². The summed E-state index contributed by atoms with van der Waals surface area (Å²) in [4.78, 5) is 23.6. The molecule has 1 aliphatic heterocycles. The minimum absolute atomic E-state index is 0.0366. The van der Waals surface area contributed by atoms with E-state index < -0.39 is 11.9 Å². The van der Waals surface area contributed by atoms with Crippen molar-refractivity contribution in [2.45, 2.75) is 6.61 Å². The van der Waals surface area contributed by atoms with Crippen molar-refractivity contribution in [3.05, 3.63) is 41.3 Å². The molecule has 1 aromatic carbocycles. The number of hydrogen-bond acceptors (Lipinski definition) is 8. The van der Waals surface area contributed by atoms with Gasteiger partial charge in [0.05, 0.1) is 19.8 Å². The quantitative estimate of drug-likeness (QED) is 0.759. The van der Waals surface area contributed by atoms with E-state index in [1.165, 1.54) is 38.5 Å². The number of carbonyl (C=O) groups is 2. The number of methoxy groups -OCH3 is 2. The second kappa shape index (κ2) is 7.16. The molecule has 0 radical (unpaired) electrons. The topological polar surface area (TPSA) is 93.4 Å². The summed E-state index contributed by atoms with van der Waals surface area (Å²) in [5.74, 6) is 0.422. The summed E-state index contributed by atoms with van der Waals surface area (Å²) >= 11 is 0. The monoisotopic (exact) mass is 348 g/mol. The molecule has 0 spiro atoms. The lowest BCUT2D eigenvalue weighted by Gasteiger charge is -2.21. The van der Waals surface area contributed by atoms with Gasteiger partial charge in [0, 0.05) is 0 Å². The van der Waals surface area contributed by atoms with E-state index in [4.69, 9.17) is 23.4 Å². The summed E-state index contributed by atoms with van der Waals surface area (Å²) in [6.07, 6.45) is 0. The molecule has 2 heterocycles. The highest BCUT2D eigenvalue weighted by Crippen LogP contribution is 2.40. The van der Waals surface area contributed by atoms with Crippen molar-refractivity contribution >= 4 is 11.9 Å². The highest BCUT2D eigenvalue weighted by atomic mass is 16.6. The van der Waals surface area contributed by atoms with Crippen LogP contribution in [0.15, 0.2) is 28.7 Å². The maximum absolute atomic E-state index is 12.3. The van der Waals surface area contributed by atoms with E-state index in [2.05, 4.69) is 4.74 Å². The van der Waals surface area contributed by atoms with Crippen molar-refractivity contribution in [1.29, 1.82) is 0 Å². The zero-order valence-corrected chi connectivity index (χ0v) is 13.7. The normalized spacial score (nSPS) is 12.4. The summed E-state index contributed by atoms with van der Waals surface area (Å²) in [6, 6.07) is 6.02. The smallest absolute Gasteiger partial charge is 0.373 e. The van der Waals surface area contributed by atoms with Crippen LogP contribution in [0.5, 0.6) is 17.2 Å². The van der Waals surface area contributed by atoms with E-state index in [0.29, 0.717) is 36.2 Å². The average molecular weight is 348 g/mol. The van der Waals surface area contributed by atoms with Gasteiger partial charge in [-0.1, -0.05) is 0 Å². The van der Waals surface area contributed by atoms with Gasteiger partial charge in [-0.15, -0.1) is 0 Å². The number of ether oxygens (including phenoxy) is 5. The molecule has 132 valence electrons. The SMILES string of the molecule is COC(=O)c1ccc(COC(=O)c2cc(OC)c3c(c2)OCCO3)o1. The molecule has 0 fully saturated rings. The van der Waals surface area contributed by atoms with E-state index in [1.807, 2.05) is 0 Å². The van der Waals surface area contributed by atoms with Gasteiger partial charge in [-0.3, -0.25) is 0 Å². The van der Waals surface area contributed by atoms with Gasteiger partial charge in [-0.05, 0) is 24.3 Å². The largest absolute Gasteiger partial charge is 0.493 e. The van der Waals surface area contributed by atoms with Crippen molar-refractivity contribution in [2.75, 3.05) is 27.4 Å². The summed E-state index contributed by atoms with van der Waals surface area (Å²) < 4.78 is 31.2.